The number of fused-ring (bicyclic) bond motifs is 1. The van der Waals surface area contributed by atoms with E-state index in [1.807, 2.05) is 38.8 Å². The summed E-state index contributed by atoms with van der Waals surface area (Å²) in [7, 11) is 1.81. The Morgan fingerprint density at radius 1 is 1.33 bits per heavy atom. The average molecular weight is 517 g/mol. The molecule has 0 aromatic carbocycles. The van der Waals surface area contributed by atoms with Gasteiger partial charge in [0, 0.05) is 34.1 Å². The Morgan fingerprint density at radius 2 is 2.03 bits per heavy atom. The largest absolute Gasteiger partial charge is 0.444 e. The summed E-state index contributed by atoms with van der Waals surface area (Å²) in [6, 6.07) is 3.38. The lowest BCUT2D eigenvalue weighted by molar-refractivity contribution is -0.124. The van der Waals surface area contributed by atoms with Gasteiger partial charge in [-0.2, -0.15) is 0 Å². The molecule has 1 saturated heterocycles. The highest BCUT2D eigenvalue weighted by Gasteiger charge is 2.36. The number of aromatic nitrogens is 1. The van der Waals surface area contributed by atoms with Crippen LogP contribution in [0.3, 0.4) is 0 Å². The summed E-state index contributed by atoms with van der Waals surface area (Å²) in [5.74, 6) is 1.07. The van der Waals surface area contributed by atoms with Crippen molar-refractivity contribution in [3.63, 3.8) is 0 Å². The van der Waals surface area contributed by atoms with E-state index < -0.39 is 11.7 Å². The van der Waals surface area contributed by atoms with Gasteiger partial charge in [-0.3, -0.25) is 14.9 Å². The molecule has 2 atom stereocenters. The molecule has 2 amide bonds. The number of ether oxygens (including phenoxy) is 1. The molecule has 11 heteroatoms. The van der Waals surface area contributed by atoms with E-state index in [-0.39, 0.29) is 23.6 Å². The number of likely N-dealkylation sites (tertiary alicyclic amines) is 1. The Labute approximate surface area is 216 Å². The molecule has 0 bridgehead atoms. The first kappa shape index (κ1) is 28.8. The van der Waals surface area contributed by atoms with Crippen LogP contribution in [-0.4, -0.2) is 52.7 Å². The number of aliphatic imine (C=N–C) groups is 1. The summed E-state index contributed by atoms with van der Waals surface area (Å²) >= 11 is 1.51. The highest BCUT2D eigenvalue weighted by atomic mass is 32.1. The summed E-state index contributed by atoms with van der Waals surface area (Å²) in [6.45, 7) is 11.7. The topological polar surface area (TPSA) is 139 Å². The summed E-state index contributed by atoms with van der Waals surface area (Å²) < 4.78 is 6.19. The first-order valence-corrected chi connectivity index (χ1v) is 12.7. The normalized spacial score (nSPS) is 19.0. The summed E-state index contributed by atoms with van der Waals surface area (Å²) in [5, 5.41) is 6.55. The molecule has 36 heavy (non-hydrogen) atoms. The lowest BCUT2D eigenvalue weighted by Crippen LogP contribution is -2.42. The molecule has 1 fully saturated rings. The molecule has 0 saturated carbocycles. The lowest BCUT2D eigenvalue weighted by Gasteiger charge is -2.21. The van der Waals surface area contributed by atoms with Crippen molar-refractivity contribution in [2.75, 3.05) is 12.4 Å². The van der Waals surface area contributed by atoms with E-state index in [4.69, 9.17) is 10.5 Å². The van der Waals surface area contributed by atoms with Crippen molar-refractivity contribution in [2.24, 2.45) is 16.6 Å². The molecular weight excluding hydrogens is 480 g/mol. The van der Waals surface area contributed by atoms with Gasteiger partial charge < -0.3 is 20.7 Å². The second kappa shape index (κ2) is 12.5. The van der Waals surface area contributed by atoms with E-state index in [0.717, 1.165) is 15.0 Å². The number of nitrogens with two attached hydrogens (primary N) is 1. The molecule has 0 unspecified atom stereocenters. The maximum atomic E-state index is 12.8. The molecule has 10 nitrogen and oxygen atoms in total. The molecule has 3 rings (SSSR count). The molecular formula is C25H36N6O4S. The van der Waals surface area contributed by atoms with Gasteiger partial charge in [0.1, 0.15) is 23.3 Å². The Kier molecular flexibility index (Phi) is 9.97. The quantitative estimate of drug-likeness (QED) is 0.389. The number of carbonyl (C=O) groups is 3. The summed E-state index contributed by atoms with van der Waals surface area (Å²) in [5.41, 5.74) is 4.93. The number of amides is 2. The van der Waals surface area contributed by atoms with Gasteiger partial charge in [-0.15, -0.1) is 11.3 Å². The minimum atomic E-state index is -0.597. The third kappa shape index (κ3) is 7.77. The van der Waals surface area contributed by atoms with Crippen LogP contribution in [0.1, 0.15) is 52.8 Å². The van der Waals surface area contributed by atoms with E-state index in [2.05, 4.69) is 20.6 Å². The number of nitrogens with one attached hydrogen (secondary N) is 2. The van der Waals surface area contributed by atoms with E-state index in [1.165, 1.54) is 17.5 Å². The van der Waals surface area contributed by atoms with Gasteiger partial charge in [-0.1, -0.05) is 20.8 Å². The van der Waals surface area contributed by atoms with Crippen molar-refractivity contribution in [1.82, 2.24) is 15.2 Å². The molecule has 0 radical (unpaired) electrons. The van der Waals surface area contributed by atoms with Crippen molar-refractivity contribution in [3.05, 3.63) is 35.1 Å². The number of likely N-dealkylation sites (N-methyl/N-ethyl adjacent to an activating group) is 1. The van der Waals surface area contributed by atoms with Crippen LogP contribution in [0.4, 0.5) is 10.6 Å². The standard InChI is InChI=1S/C23H30N6O4S.C2H6/c1-13-6-17(29(5)20(13)26-10-15(24)12-30)21(31)27-11-16-7-14-9-25-19(8-18(14)34-16)28-22(32)33-23(2,3)4;1-2/h7-10,12-13,17H,6,11,24H2,1-5H3,(H,27,31)(H,25,28,32);1-2H3/b15-10+,26-20?;/t13-,17-;/m0./s1. The molecule has 196 valence electrons. The fourth-order valence-corrected chi connectivity index (χ4v) is 4.63. The first-order valence-electron chi connectivity index (χ1n) is 11.8. The van der Waals surface area contributed by atoms with Crippen LogP contribution in [0.2, 0.25) is 0 Å². The number of thiophene rings is 1. The van der Waals surface area contributed by atoms with Crippen LogP contribution in [0.15, 0.2) is 35.2 Å². The molecule has 4 N–H and O–H groups in total. The molecule has 1 aliphatic rings. The van der Waals surface area contributed by atoms with Crippen LogP contribution < -0.4 is 16.4 Å². The fraction of sp³-hybridized carbons (Fsp3) is 0.480. The predicted octanol–water partition coefficient (Wildman–Crippen LogP) is 4.02. The van der Waals surface area contributed by atoms with Gasteiger partial charge in [0.05, 0.1) is 18.4 Å². The molecule has 0 aliphatic carbocycles. The smallest absolute Gasteiger partial charge is 0.413 e. The van der Waals surface area contributed by atoms with Gasteiger partial charge in [-0.25, -0.2) is 14.8 Å². The van der Waals surface area contributed by atoms with E-state index >= 15 is 0 Å². The number of allylic oxidation sites excluding steroid dienone is 1. The number of anilines is 1. The summed E-state index contributed by atoms with van der Waals surface area (Å²) in [6.07, 6.45) is 3.58. The molecule has 2 aromatic rings. The van der Waals surface area contributed by atoms with E-state index in [0.29, 0.717) is 30.9 Å². The number of pyridine rings is 1. The van der Waals surface area contributed by atoms with Crippen molar-refractivity contribution in [2.45, 2.75) is 66.2 Å². The molecule has 0 spiro atoms. The molecule has 3 heterocycles. The van der Waals surface area contributed by atoms with Crippen molar-refractivity contribution >= 4 is 51.4 Å². The second-order valence-electron chi connectivity index (χ2n) is 9.16. The van der Waals surface area contributed by atoms with Crippen LogP contribution in [0, 0.1) is 5.92 Å². The third-order valence-electron chi connectivity index (χ3n) is 5.15. The first-order chi connectivity index (χ1) is 17.0. The highest BCUT2D eigenvalue weighted by Crippen LogP contribution is 2.28. The van der Waals surface area contributed by atoms with E-state index in [1.54, 1.807) is 33.0 Å². The highest BCUT2D eigenvalue weighted by molar-refractivity contribution is 7.19. The SMILES string of the molecule is CC.C[C@H]1C[C@@H](C(=O)NCc2cc3cnc(NC(=O)OC(C)(C)C)cc3s2)N(C)C1=N/C=C(/N)C=O. The number of hydrogen-bond donors (Lipinski definition) is 3. The maximum Gasteiger partial charge on any atom is 0.413 e. The minimum absolute atomic E-state index is 0.0321. The number of nitrogens with zero attached hydrogens (tertiary/aromatic N) is 3. The fourth-order valence-electron chi connectivity index (χ4n) is 3.62. The zero-order valence-electron chi connectivity index (χ0n) is 21.9. The van der Waals surface area contributed by atoms with Gasteiger partial charge in [-0.05, 0) is 39.3 Å². The molecule has 1 aliphatic heterocycles. The van der Waals surface area contributed by atoms with Crippen LogP contribution in [0.5, 0.6) is 0 Å². The zero-order valence-corrected chi connectivity index (χ0v) is 22.7. The Morgan fingerprint density at radius 3 is 2.67 bits per heavy atom. The predicted molar refractivity (Wildman–Crippen MR) is 144 cm³/mol. The number of aldehydes is 1. The number of rotatable bonds is 6. The summed E-state index contributed by atoms with van der Waals surface area (Å²) in [4.78, 5) is 46.8. The van der Waals surface area contributed by atoms with Crippen LogP contribution >= 0.6 is 11.3 Å². The van der Waals surface area contributed by atoms with Crippen LogP contribution in [-0.2, 0) is 20.9 Å². The van der Waals surface area contributed by atoms with Gasteiger partial charge in [0.15, 0.2) is 6.29 Å². The van der Waals surface area contributed by atoms with Crippen LogP contribution in [0.25, 0.3) is 10.1 Å². The number of carbonyl (C=O) groups excluding carboxylic acids is 3. The number of amidine groups is 1. The number of hydrogen-bond acceptors (Lipinski definition) is 8. The zero-order chi connectivity index (χ0) is 27.0. The van der Waals surface area contributed by atoms with Gasteiger partial charge in [0.2, 0.25) is 5.91 Å². The lowest BCUT2D eigenvalue weighted by atomic mass is 10.1. The monoisotopic (exact) mass is 516 g/mol. The Bertz CT molecular complexity index is 1150. The molecule has 2 aromatic heterocycles. The Hall–Kier alpha value is -3.47. The van der Waals surface area contributed by atoms with Crippen molar-refractivity contribution in [3.8, 4) is 0 Å². The van der Waals surface area contributed by atoms with Crippen molar-refractivity contribution in [1.29, 1.82) is 0 Å². The minimum Gasteiger partial charge on any atom is -0.444 e. The van der Waals surface area contributed by atoms with Crippen molar-refractivity contribution < 1.29 is 19.1 Å². The van der Waals surface area contributed by atoms with E-state index in [9.17, 15) is 14.4 Å². The third-order valence-corrected chi connectivity index (χ3v) is 6.25. The van der Waals surface area contributed by atoms with Gasteiger partial charge >= 0.3 is 6.09 Å². The Balaban J connectivity index is 0.00000222. The maximum absolute atomic E-state index is 12.8. The van der Waals surface area contributed by atoms with Gasteiger partial charge in [0.25, 0.3) is 0 Å². The average Bonchev–Trinajstić information content (AvgIpc) is 3.35. The second-order valence-corrected chi connectivity index (χ2v) is 10.3.